The van der Waals surface area contributed by atoms with Crippen molar-refractivity contribution >= 4 is 11.6 Å². The molecular formula is C16H21ClN4O. The van der Waals surface area contributed by atoms with Gasteiger partial charge in [0.05, 0.1) is 17.6 Å². The first-order valence-corrected chi connectivity index (χ1v) is 8.16. The summed E-state index contributed by atoms with van der Waals surface area (Å²) in [7, 11) is 0. The highest BCUT2D eigenvalue weighted by Crippen LogP contribution is 2.28. The maximum Gasteiger partial charge on any atom is 0.0971 e. The van der Waals surface area contributed by atoms with Crippen LogP contribution in [0, 0.1) is 0 Å². The van der Waals surface area contributed by atoms with Gasteiger partial charge in [0.25, 0.3) is 0 Å². The quantitative estimate of drug-likeness (QED) is 0.760. The molecule has 0 atom stereocenters. The summed E-state index contributed by atoms with van der Waals surface area (Å²) in [6.07, 6.45) is 6.40. The van der Waals surface area contributed by atoms with E-state index in [1.54, 1.807) is 4.68 Å². The third kappa shape index (κ3) is 4.06. The van der Waals surface area contributed by atoms with Gasteiger partial charge in [0, 0.05) is 24.2 Å². The van der Waals surface area contributed by atoms with E-state index in [1.165, 1.54) is 12.8 Å². The zero-order valence-corrected chi connectivity index (χ0v) is 13.3. The molecule has 22 heavy (non-hydrogen) atoms. The molecule has 1 aromatic carbocycles. The van der Waals surface area contributed by atoms with Gasteiger partial charge in [-0.2, -0.15) is 0 Å². The first-order chi connectivity index (χ1) is 10.8. The Morgan fingerprint density at radius 2 is 2.00 bits per heavy atom. The van der Waals surface area contributed by atoms with Crippen molar-refractivity contribution in [2.45, 2.75) is 38.3 Å². The van der Waals surface area contributed by atoms with Crippen molar-refractivity contribution in [3.8, 4) is 5.69 Å². The fraction of sp³-hybridized carbons (Fsp3) is 0.500. The molecule has 3 rings (SSSR count). The summed E-state index contributed by atoms with van der Waals surface area (Å²) in [5.74, 6) is 0. The predicted octanol–water partition coefficient (Wildman–Crippen LogP) is 2.66. The van der Waals surface area contributed by atoms with Gasteiger partial charge < -0.3 is 5.11 Å². The normalized spacial score (nSPS) is 14.7. The largest absolute Gasteiger partial charge is 0.396 e. The molecule has 6 heteroatoms. The van der Waals surface area contributed by atoms with Gasteiger partial charge in [-0.25, -0.2) is 4.68 Å². The highest BCUT2D eigenvalue weighted by atomic mass is 35.5. The summed E-state index contributed by atoms with van der Waals surface area (Å²) in [6.45, 7) is 2.11. The van der Waals surface area contributed by atoms with Crippen LogP contribution >= 0.6 is 11.6 Å². The van der Waals surface area contributed by atoms with Gasteiger partial charge >= 0.3 is 0 Å². The van der Waals surface area contributed by atoms with E-state index in [4.69, 9.17) is 16.7 Å². The van der Waals surface area contributed by atoms with E-state index in [0.717, 1.165) is 37.3 Å². The number of unbranched alkanes of at least 4 members (excludes halogenated alkanes) is 1. The lowest BCUT2D eigenvalue weighted by molar-refractivity contribution is 0.227. The Bertz CT molecular complexity index is 594. The van der Waals surface area contributed by atoms with Gasteiger partial charge in [-0.3, -0.25) is 4.90 Å². The maximum absolute atomic E-state index is 8.92. The van der Waals surface area contributed by atoms with Gasteiger partial charge in [0.15, 0.2) is 0 Å². The van der Waals surface area contributed by atoms with Crippen LogP contribution in [0.2, 0.25) is 5.02 Å². The minimum Gasteiger partial charge on any atom is -0.396 e. The Labute approximate surface area is 135 Å². The minimum atomic E-state index is 0.269. The van der Waals surface area contributed by atoms with Crippen molar-refractivity contribution in [1.29, 1.82) is 0 Å². The van der Waals surface area contributed by atoms with Crippen LogP contribution in [0.15, 0.2) is 30.5 Å². The van der Waals surface area contributed by atoms with E-state index < -0.39 is 0 Å². The van der Waals surface area contributed by atoms with Gasteiger partial charge in [-0.15, -0.1) is 5.10 Å². The number of rotatable bonds is 8. The summed E-state index contributed by atoms with van der Waals surface area (Å²) in [5, 5.41) is 18.1. The second-order valence-electron chi connectivity index (χ2n) is 5.76. The Kier molecular flexibility index (Phi) is 5.08. The molecule has 0 saturated heterocycles. The van der Waals surface area contributed by atoms with Crippen LogP contribution in [0.4, 0.5) is 0 Å². The second kappa shape index (κ2) is 7.22. The first kappa shape index (κ1) is 15.5. The highest BCUT2D eigenvalue weighted by molar-refractivity contribution is 6.30. The third-order valence-corrected chi connectivity index (χ3v) is 4.17. The molecule has 118 valence electrons. The average molecular weight is 321 g/mol. The number of hydrogen-bond donors (Lipinski definition) is 1. The van der Waals surface area contributed by atoms with Crippen LogP contribution in [0.5, 0.6) is 0 Å². The Morgan fingerprint density at radius 3 is 2.68 bits per heavy atom. The monoisotopic (exact) mass is 320 g/mol. The lowest BCUT2D eigenvalue weighted by Gasteiger charge is -2.20. The number of aliphatic hydroxyl groups is 1. The van der Waals surface area contributed by atoms with Crippen LogP contribution < -0.4 is 0 Å². The molecular weight excluding hydrogens is 300 g/mol. The molecule has 2 aromatic rings. The van der Waals surface area contributed by atoms with E-state index in [2.05, 4.69) is 15.2 Å². The summed E-state index contributed by atoms with van der Waals surface area (Å²) < 4.78 is 1.78. The predicted molar refractivity (Wildman–Crippen MR) is 86.1 cm³/mol. The van der Waals surface area contributed by atoms with E-state index in [0.29, 0.717) is 11.1 Å². The second-order valence-corrected chi connectivity index (χ2v) is 6.20. The van der Waals surface area contributed by atoms with Crippen molar-refractivity contribution in [2.75, 3.05) is 13.2 Å². The zero-order chi connectivity index (χ0) is 15.4. The van der Waals surface area contributed by atoms with Gasteiger partial charge in [0.2, 0.25) is 0 Å². The zero-order valence-electron chi connectivity index (χ0n) is 12.5. The topological polar surface area (TPSA) is 54.2 Å². The molecule has 1 fully saturated rings. The number of benzene rings is 1. The van der Waals surface area contributed by atoms with Crippen molar-refractivity contribution in [1.82, 2.24) is 19.9 Å². The van der Waals surface area contributed by atoms with Crippen LogP contribution in [-0.4, -0.2) is 44.2 Å². The van der Waals surface area contributed by atoms with E-state index in [-0.39, 0.29) is 6.61 Å². The molecule has 0 amide bonds. The summed E-state index contributed by atoms with van der Waals surface area (Å²) in [6, 6.07) is 8.24. The van der Waals surface area contributed by atoms with Gasteiger partial charge in [-0.1, -0.05) is 16.8 Å². The summed E-state index contributed by atoms with van der Waals surface area (Å²) in [5.41, 5.74) is 1.94. The first-order valence-electron chi connectivity index (χ1n) is 7.78. The minimum absolute atomic E-state index is 0.269. The molecule has 1 saturated carbocycles. The van der Waals surface area contributed by atoms with Gasteiger partial charge in [-0.05, 0) is 56.5 Å². The van der Waals surface area contributed by atoms with E-state index >= 15 is 0 Å². The summed E-state index contributed by atoms with van der Waals surface area (Å²) in [4.78, 5) is 2.45. The number of aliphatic hydroxyl groups excluding tert-OH is 1. The fourth-order valence-corrected chi connectivity index (χ4v) is 2.68. The maximum atomic E-state index is 8.92. The SMILES string of the molecule is OCCCCN(Cc1cn(-c2ccc(Cl)cc2)nn1)C1CC1. The molecule has 1 N–H and O–H groups in total. The van der Waals surface area contributed by atoms with Crippen molar-refractivity contribution < 1.29 is 5.11 Å². The van der Waals surface area contributed by atoms with Gasteiger partial charge in [0.1, 0.15) is 0 Å². The molecule has 0 spiro atoms. The Morgan fingerprint density at radius 1 is 1.23 bits per heavy atom. The lowest BCUT2D eigenvalue weighted by atomic mass is 10.3. The molecule has 0 radical (unpaired) electrons. The number of hydrogen-bond acceptors (Lipinski definition) is 4. The highest BCUT2D eigenvalue weighted by Gasteiger charge is 2.29. The Balaban J connectivity index is 1.63. The van der Waals surface area contributed by atoms with Crippen LogP contribution in [0.1, 0.15) is 31.4 Å². The molecule has 5 nitrogen and oxygen atoms in total. The standard InChI is InChI=1S/C16H21ClN4O/c17-13-3-5-16(6-4-13)21-12-14(18-19-21)11-20(15-7-8-15)9-1-2-10-22/h3-6,12,15,22H,1-2,7-11H2. The third-order valence-electron chi connectivity index (χ3n) is 3.91. The van der Waals surface area contributed by atoms with Crippen LogP contribution in [-0.2, 0) is 6.54 Å². The van der Waals surface area contributed by atoms with E-state index in [9.17, 15) is 0 Å². The molecule has 0 unspecified atom stereocenters. The number of aromatic nitrogens is 3. The fourth-order valence-electron chi connectivity index (χ4n) is 2.56. The van der Waals surface area contributed by atoms with Crippen LogP contribution in [0.3, 0.4) is 0 Å². The van der Waals surface area contributed by atoms with E-state index in [1.807, 2.05) is 30.5 Å². The lowest BCUT2D eigenvalue weighted by Crippen LogP contribution is -2.27. The molecule has 1 aliphatic carbocycles. The number of nitrogens with zero attached hydrogens (tertiary/aromatic N) is 4. The van der Waals surface area contributed by atoms with Crippen LogP contribution in [0.25, 0.3) is 5.69 Å². The summed E-state index contributed by atoms with van der Waals surface area (Å²) >= 11 is 5.91. The molecule has 0 bridgehead atoms. The molecule has 1 heterocycles. The molecule has 1 aliphatic rings. The van der Waals surface area contributed by atoms with Crippen molar-refractivity contribution in [3.63, 3.8) is 0 Å². The molecule has 0 aliphatic heterocycles. The Hall–Kier alpha value is -1.43. The molecule has 1 aromatic heterocycles. The smallest absolute Gasteiger partial charge is 0.0971 e. The number of halogens is 1. The van der Waals surface area contributed by atoms with Crippen molar-refractivity contribution in [3.05, 3.63) is 41.2 Å². The van der Waals surface area contributed by atoms with Crippen molar-refractivity contribution in [2.24, 2.45) is 0 Å². The average Bonchev–Trinajstić information content (AvgIpc) is 3.27.